The summed E-state index contributed by atoms with van der Waals surface area (Å²) in [5.74, 6) is 0.0212. The van der Waals surface area contributed by atoms with Crippen molar-refractivity contribution in [2.75, 3.05) is 19.6 Å². The summed E-state index contributed by atoms with van der Waals surface area (Å²) >= 11 is 0. The predicted molar refractivity (Wildman–Crippen MR) is 78.7 cm³/mol. The van der Waals surface area contributed by atoms with E-state index in [4.69, 9.17) is 5.11 Å². The quantitative estimate of drug-likeness (QED) is 0.706. The van der Waals surface area contributed by atoms with Crippen molar-refractivity contribution >= 4 is 12.0 Å². The molecule has 0 saturated carbocycles. The zero-order valence-electron chi connectivity index (χ0n) is 12.6. The Bertz CT molecular complexity index is 307. The summed E-state index contributed by atoms with van der Waals surface area (Å²) in [6.07, 6.45) is 7.27. The highest BCUT2D eigenvalue weighted by Crippen LogP contribution is 2.20. The van der Waals surface area contributed by atoms with E-state index in [1.54, 1.807) is 0 Å². The third kappa shape index (κ3) is 6.78. The lowest BCUT2D eigenvalue weighted by Gasteiger charge is -2.21. The number of aliphatic carboxylic acids is 1. The van der Waals surface area contributed by atoms with Gasteiger partial charge in [0.1, 0.15) is 0 Å². The predicted octanol–water partition coefficient (Wildman–Crippen LogP) is 2.85. The van der Waals surface area contributed by atoms with Crippen LogP contribution in [0.5, 0.6) is 0 Å². The van der Waals surface area contributed by atoms with E-state index in [0.29, 0.717) is 13.0 Å². The fraction of sp³-hybridized carbons (Fsp3) is 0.867. The molecular weight excluding hydrogens is 256 g/mol. The molecule has 0 aromatic rings. The summed E-state index contributed by atoms with van der Waals surface area (Å²) in [6, 6.07) is 0.0417. The number of hydrogen-bond acceptors (Lipinski definition) is 2. The first-order chi connectivity index (χ1) is 9.63. The maximum Gasteiger partial charge on any atom is 0.317 e. The molecule has 1 atom stereocenters. The van der Waals surface area contributed by atoms with Crippen LogP contribution >= 0.6 is 0 Å². The molecular formula is C15H28N2O3. The maximum atomic E-state index is 12.0. The summed E-state index contributed by atoms with van der Waals surface area (Å²) < 4.78 is 0. The third-order valence-corrected chi connectivity index (χ3v) is 4.06. The molecule has 1 heterocycles. The van der Waals surface area contributed by atoms with Crippen molar-refractivity contribution < 1.29 is 14.7 Å². The number of hydrogen-bond donors (Lipinski definition) is 2. The highest BCUT2D eigenvalue weighted by Gasteiger charge is 2.19. The van der Waals surface area contributed by atoms with Crippen LogP contribution in [-0.2, 0) is 4.79 Å². The van der Waals surface area contributed by atoms with Crippen molar-refractivity contribution in [2.45, 2.75) is 58.3 Å². The van der Waals surface area contributed by atoms with Gasteiger partial charge in [0.15, 0.2) is 0 Å². The van der Waals surface area contributed by atoms with Crippen molar-refractivity contribution in [1.29, 1.82) is 0 Å². The Hall–Kier alpha value is -1.26. The first kappa shape index (κ1) is 16.8. The van der Waals surface area contributed by atoms with E-state index in [1.807, 2.05) is 4.90 Å². The molecule has 0 bridgehead atoms. The summed E-state index contributed by atoms with van der Waals surface area (Å²) in [5.41, 5.74) is 0. The van der Waals surface area contributed by atoms with Crippen LogP contribution in [0, 0.1) is 5.92 Å². The SMILES string of the molecule is CCC1CCCN(C(=O)NCCCCCC(=O)O)CC1. The number of rotatable bonds is 7. The lowest BCUT2D eigenvalue weighted by molar-refractivity contribution is -0.137. The summed E-state index contributed by atoms with van der Waals surface area (Å²) in [4.78, 5) is 24.3. The smallest absolute Gasteiger partial charge is 0.317 e. The number of amides is 2. The van der Waals surface area contributed by atoms with E-state index < -0.39 is 5.97 Å². The molecule has 20 heavy (non-hydrogen) atoms. The number of likely N-dealkylation sites (tertiary alicyclic amines) is 1. The van der Waals surface area contributed by atoms with Crippen LogP contribution in [0.4, 0.5) is 4.79 Å². The maximum absolute atomic E-state index is 12.0. The average Bonchev–Trinajstić information content (AvgIpc) is 2.67. The Kier molecular flexibility index (Phi) is 8.07. The summed E-state index contributed by atoms with van der Waals surface area (Å²) in [6.45, 7) is 4.59. The van der Waals surface area contributed by atoms with Crippen LogP contribution in [0.2, 0.25) is 0 Å². The third-order valence-electron chi connectivity index (χ3n) is 4.06. The number of urea groups is 1. The molecule has 0 aromatic heterocycles. The van der Waals surface area contributed by atoms with E-state index in [0.717, 1.165) is 44.7 Å². The number of nitrogens with one attached hydrogen (secondary N) is 1. The van der Waals surface area contributed by atoms with E-state index >= 15 is 0 Å². The van der Waals surface area contributed by atoms with E-state index in [2.05, 4.69) is 12.2 Å². The van der Waals surface area contributed by atoms with Crippen molar-refractivity contribution in [2.24, 2.45) is 5.92 Å². The van der Waals surface area contributed by atoms with Crippen molar-refractivity contribution in [3.05, 3.63) is 0 Å². The molecule has 116 valence electrons. The van der Waals surface area contributed by atoms with Gasteiger partial charge in [-0.25, -0.2) is 4.79 Å². The topological polar surface area (TPSA) is 69.6 Å². The van der Waals surface area contributed by atoms with Crippen LogP contribution in [0.25, 0.3) is 0 Å². The molecule has 2 N–H and O–H groups in total. The van der Waals surface area contributed by atoms with Crippen LogP contribution in [0.3, 0.4) is 0 Å². The fourth-order valence-electron chi connectivity index (χ4n) is 2.66. The molecule has 1 rings (SSSR count). The zero-order valence-corrected chi connectivity index (χ0v) is 12.6. The van der Waals surface area contributed by atoms with Gasteiger partial charge in [0.25, 0.3) is 0 Å². The highest BCUT2D eigenvalue weighted by molar-refractivity contribution is 5.74. The van der Waals surface area contributed by atoms with E-state index in [1.165, 1.54) is 12.8 Å². The van der Waals surface area contributed by atoms with Crippen LogP contribution in [0.1, 0.15) is 58.3 Å². The number of carbonyl (C=O) groups is 2. The van der Waals surface area contributed by atoms with Crippen LogP contribution < -0.4 is 5.32 Å². The Labute approximate surface area is 121 Å². The normalized spacial score (nSPS) is 19.4. The van der Waals surface area contributed by atoms with Gasteiger partial charge in [-0.05, 0) is 38.0 Å². The van der Waals surface area contributed by atoms with Crippen molar-refractivity contribution in [3.63, 3.8) is 0 Å². The Morgan fingerprint density at radius 3 is 2.70 bits per heavy atom. The first-order valence-electron chi connectivity index (χ1n) is 7.88. The Balaban J connectivity index is 2.11. The second-order valence-electron chi connectivity index (χ2n) is 5.63. The van der Waals surface area contributed by atoms with Crippen molar-refractivity contribution in [3.8, 4) is 0 Å². The van der Waals surface area contributed by atoms with Crippen LogP contribution in [-0.4, -0.2) is 41.6 Å². The molecule has 1 saturated heterocycles. The van der Waals surface area contributed by atoms with Crippen molar-refractivity contribution in [1.82, 2.24) is 10.2 Å². The minimum atomic E-state index is -0.746. The number of unbranched alkanes of at least 4 members (excludes halogenated alkanes) is 2. The number of carboxylic acids is 1. The van der Waals surface area contributed by atoms with Gasteiger partial charge in [0.05, 0.1) is 0 Å². The molecule has 1 aliphatic rings. The monoisotopic (exact) mass is 284 g/mol. The number of carboxylic acid groups (broad SMARTS) is 1. The van der Waals surface area contributed by atoms with Crippen LogP contribution in [0.15, 0.2) is 0 Å². The fourth-order valence-corrected chi connectivity index (χ4v) is 2.66. The Morgan fingerprint density at radius 1 is 1.20 bits per heavy atom. The summed E-state index contributed by atoms with van der Waals surface area (Å²) in [5, 5.41) is 11.5. The standard InChI is InChI=1S/C15H28N2O3/c1-2-13-7-6-11-17(12-9-13)15(20)16-10-5-3-4-8-14(18)19/h13H,2-12H2,1H3,(H,16,20)(H,18,19). The minimum Gasteiger partial charge on any atom is -0.481 e. The molecule has 0 aromatic carbocycles. The first-order valence-corrected chi connectivity index (χ1v) is 7.88. The lowest BCUT2D eigenvalue weighted by atomic mass is 9.98. The van der Waals surface area contributed by atoms with Gasteiger partial charge in [0.2, 0.25) is 0 Å². The van der Waals surface area contributed by atoms with E-state index in [9.17, 15) is 9.59 Å². The van der Waals surface area contributed by atoms with Gasteiger partial charge >= 0.3 is 12.0 Å². The largest absolute Gasteiger partial charge is 0.481 e. The molecule has 1 aliphatic heterocycles. The number of nitrogens with zero attached hydrogens (tertiary/aromatic N) is 1. The van der Waals surface area contributed by atoms with Gasteiger partial charge in [-0.2, -0.15) is 0 Å². The van der Waals surface area contributed by atoms with Gasteiger partial charge in [-0.1, -0.05) is 19.8 Å². The molecule has 5 heteroatoms. The highest BCUT2D eigenvalue weighted by atomic mass is 16.4. The average molecular weight is 284 g/mol. The molecule has 0 radical (unpaired) electrons. The van der Waals surface area contributed by atoms with Gasteiger partial charge < -0.3 is 15.3 Å². The van der Waals surface area contributed by atoms with E-state index in [-0.39, 0.29) is 12.5 Å². The lowest BCUT2D eigenvalue weighted by Crippen LogP contribution is -2.40. The molecule has 0 spiro atoms. The summed E-state index contributed by atoms with van der Waals surface area (Å²) in [7, 11) is 0. The minimum absolute atomic E-state index is 0.0417. The van der Waals surface area contributed by atoms with Gasteiger partial charge in [-0.3, -0.25) is 4.79 Å². The second kappa shape index (κ2) is 9.61. The molecule has 5 nitrogen and oxygen atoms in total. The number of carbonyl (C=O) groups excluding carboxylic acids is 1. The molecule has 0 aliphatic carbocycles. The van der Waals surface area contributed by atoms with Gasteiger partial charge in [0, 0.05) is 26.1 Å². The van der Waals surface area contributed by atoms with Gasteiger partial charge in [-0.15, -0.1) is 0 Å². The molecule has 2 amide bonds. The Morgan fingerprint density at radius 2 is 2.00 bits per heavy atom. The zero-order chi connectivity index (χ0) is 14.8. The second-order valence-corrected chi connectivity index (χ2v) is 5.63. The molecule has 1 fully saturated rings. The molecule has 1 unspecified atom stereocenters.